The summed E-state index contributed by atoms with van der Waals surface area (Å²) in [5.41, 5.74) is 5.27. The predicted octanol–water partition coefficient (Wildman–Crippen LogP) is 4.54. The number of carbonyl (C=O) groups excluding carboxylic acids is 2. The minimum absolute atomic E-state index is 0.0109. The number of rotatable bonds is 6. The molecular weight excluding hydrogens is 418 g/mol. The molecule has 2 N–H and O–H groups in total. The lowest BCUT2D eigenvalue weighted by molar-refractivity contribution is 0.0989. The molecule has 3 aromatic rings. The number of nitrogens with one attached hydrogen (secondary N) is 2. The van der Waals surface area contributed by atoms with Crippen molar-refractivity contribution in [1.29, 1.82) is 0 Å². The summed E-state index contributed by atoms with van der Waals surface area (Å²) in [5, 5.41) is 5.65. The maximum absolute atomic E-state index is 13.0. The quantitative estimate of drug-likeness (QED) is 0.584. The van der Waals surface area contributed by atoms with Gasteiger partial charge in [-0.25, -0.2) is 4.79 Å². The Morgan fingerprint density at radius 2 is 1.76 bits per heavy atom. The van der Waals surface area contributed by atoms with E-state index < -0.39 is 0 Å². The Balaban J connectivity index is 1.42. The first-order chi connectivity index (χ1) is 16.0. The zero-order chi connectivity index (χ0) is 23.4. The number of fused-ring (bicyclic) bond motifs is 1. The fraction of sp³-hybridized carbons (Fsp3) is 0.231. The molecule has 0 spiro atoms. The Morgan fingerprint density at radius 1 is 0.970 bits per heavy atom. The molecule has 170 valence electrons. The number of urea groups is 1. The number of benzene rings is 3. The van der Waals surface area contributed by atoms with Gasteiger partial charge >= 0.3 is 6.03 Å². The van der Waals surface area contributed by atoms with Crippen LogP contribution in [0.25, 0.3) is 0 Å². The molecule has 1 aliphatic heterocycles. The highest BCUT2D eigenvalue weighted by molar-refractivity contribution is 6.07. The molecule has 0 atom stereocenters. The Bertz CT molecular complexity index is 1170. The second kappa shape index (κ2) is 9.65. The van der Waals surface area contributed by atoms with E-state index in [0.717, 1.165) is 28.8 Å². The lowest BCUT2D eigenvalue weighted by Gasteiger charge is -2.18. The maximum atomic E-state index is 13.0. The molecule has 0 saturated carbocycles. The summed E-state index contributed by atoms with van der Waals surface area (Å²) >= 11 is 0. The summed E-state index contributed by atoms with van der Waals surface area (Å²) in [7, 11) is 3.10. The third kappa shape index (κ3) is 4.92. The van der Waals surface area contributed by atoms with Crippen molar-refractivity contribution in [1.82, 2.24) is 5.32 Å². The van der Waals surface area contributed by atoms with Gasteiger partial charge in [-0.3, -0.25) is 4.79 Å². The first-order valence-electron chi connectivity index (χ1n) is 10.8. The Morgan fingerprint density at radius 3 is 2.48 bits per heavy atom. The molecule has 0 fully saturated rings. The molecule has 3 amide bonds. The lowest BCUT2D eigenvalue weighted by atomic mass is 10.1. The molecule has 7 nitrogen and oxygen atoms in total. The second-order valence-electron chi connectivity index (χ2n) is 7.91. The second-order valence-corrected chi connectivity index (χ2v) is 7.91. The first-order valence-corrected chi connectivity index (χ1v) is 10.8. The van der Waals surface area contributed by atoms with Crippen molar-refractivity contribution in [3.05, 3.63) is 82.9 Å². The summed E-state index contributed by atoms with van der Waals surface area (Å²) in [5.74, 6) is 1.14. The number of carbonyl (C=O) groups is 2. The highest BCUT2D eigenvalue weighted by Gasteiger charge is 2.25. The smallest absolute Gasteiger partial charge is 0.319 e. The molecule has 0 radical (unpaired) electrons. The van der Waals surface area contributed by atoms with Crippen molar-refractivity contribution in [3.63, 3.8) is 0 Å². The first kappa shape index (κ1) is 22.2. The van der Waals surface area contributed by atoms with Gasteiger partial charge in [-0.05, 0) is 54.8 Å². The van der Waals surface area contributed by atoms with Gasteiger partial charge in [0, 0.05) is 30.4 Å². The lowest BCUT2D eigenvalue weighted by Crippen LogP contribution is -2.29. The fourth-order valence-electron chi connectivity index (χ4n) is 3.85. The van der Waals surface area contributed by atoms with Crippen LogP contribution in [0.1, 0.15) is 27.0 Å². The third-order valence-corrected chi connectivity index (χ3v) is 5.70. The minimum atomic E-state index is -0.355. The monoisotopic (exact) mass is 445 g/mol. The minimum Gasteiger partial charge on any atom is -0.497 e. The zero-order valence-corrected chi connectivity index (χ0v) is 19.0. The summed E-state index contributed by atoms with van der Waals surface area (Å²) in [6, 6.07) is 18.4. The van der Waals surface area contributed by atoms with Gasteiger partial charge in [0.05, 0.1) is 19.9 Å². The van der Waals surface area contributed by atoms with Gasteiger partial charge in [0.25, 0.3) is 5.91 Å². The molecule has 0 aliphatic carbocycles. The van der Waals surface area contributed by atoms with E-state index in [4.69, 9.17) is 9.47 Å². The Kier molecular flexibility index (Phi) is 6.49. The van der Waals surface area contributed by atoms with E-state index in [9.17, 15) is 9.59 Å². The SMILES string of the molecule is COc1ccc(NC(=O)NCc2ccc3c(c2)N(C(=O)c2ccc(C)cc2)CC3)c(OC)c1. The number of nitrogens with zero attached hydrogens (tertiary/aromatic N) is 1. The number of amides is 3. The van der Waals surface area contributed by atoms with Crippen LogP contribution < -0.4 is 25.0 Å². The van der Waals surface area contributed by atoms with Crippen molar-refractivity contribution in [2.24, 2.45) is 0 Å². The standard InChI is InChI=1S/C26H27N3O4/c1-17-4-7-20(8-5-17)25(30)29-13-12-19-9-6-18(14-23(19)29)16-27-26(31)28-22-11-10-21(32-2)15-24(22)33-3/h4-11,14-15H,12-13,16H2,1-3H3,(H2,27,28,31). The Hall–Kier alpha value is -4.00. The van der Waals surface area contributed by atoms with Gasteiger partial charge in [0.2, 0.25) is 0 Å². The molecule has 3 aromatic carbocycles. The van der Waals surface area contributed by atoms with E-state index >= 15 is 0 Å². The normalized spacial score (nSPS) is 12.2. The van der Waals surface area contributed by atoms with Crippen LogP contribution >= 0.6 is 0 Å². The highest BCUT2D eigenvalue weighted by atomic mass is 16.5. The summed E-state index contributed by atoms with van der Waals surface area (Å²) in [6.07, 6.45) is 0.818. The van der Waals surface area contributed by atoms with Crippen LogP contribution in [0.2, 0.25) is 0 Å². The summed E-state index contributed by atoms with van der Waals surface area (Å²) in [4.78, 5) is 27.3. The van der Waals surface area contributed by atoms with Crippen molar-refractivity contribution in [2.75, 3.05) is 31.0 Å². The molecule has 0 unspecified atom stereocenters. The van der Waals surface area contributed by atoms with Crippen LogP contribution in [0.5, 0.6) is 11.5 Å². The van der Waals surface area contributed by atoms with Crippen molar-refractivity contribution in [3.8, 4) is 11.5 Å². The molecule has 7 heteroatoms. The van der Waals surface area contributed by atoms with Crippen LogP contribution in [0.15, 0.2) is 60.7 Å². The maximum Gasteiger partial charge on any atom is 0.319 e. The molecule has 0 aromatic heterocycles. The van der Waals surface area contributed by atoms with E-state index in [2.05, 4.69) is 10.6 Å². The van der Waals surface area contributed by atoms with E-state index in [1.54, 1.807) is 25.3 Å². The number of aryl methyl sites for hydroxylation is 1. The number of ether oxygens (including phenoxy) is 2. The predicted molar refractivity (Wildman–Crippen MR) is 128 cm³/mol. The largest absolute Gasteiger partial charge is 0.497 e. The van der Waals surface area contributed by atoms with Crippen LogP contribution in [-0.2, 0) is 13.0 Å². The third-order valence-electron chi connectivity index (χ3n) is 5.70. The average Bonchev–Trinajstić information content (AvgIpc) is 3.26. The number of hydrogen-bond acceptors (Lipinski definition) is 4. The molecule has 0 saturated heterocycles. The van der Waals surface area contributed by atoms with E-state index in [-0.39, 0.29) is 11.9 Å². The Labute approximate surface area is 193 Å². The van der Waals surface area contributed by atoms with Gasteiger partial charge in [-0.15, -0.1) is 0 Å². The van der Waals surface area contributed by atoms with Gasteiger partial charge in [0.15, 0.2) is 0 Å². The molecule has 4 rings (SSSR count). The van der Waals surface area contributed by atoms with Gasteiger partial charge < -0.3 is 25.0 Å². The number of methoxy groups -OCH3 is 2. The summed E-state index contributed by atoms with van der Waals surface area (Å²) < 4.78 is 10.5. The molecule has 0 bridgehead atoms. The van der Waals surface area contributed by atoms with E-state index in [1.807, 2.05) is 54.3 Å². The van der Waals surface area contributed by atoms with Crippen LogP contribution in [0.4, 0.5) is 16.2 Å². The number of hydrogen-bond donors (Lipinski definition) is 2. The van der Waals surface area contributed by atoms with E-state index in [0.29, 0.717) is 35.8 Å². The van der Waals surface area contributed by atoms with Crippen LogP contribution in [-0.4, -0.2) is 32.7 Å². The topological polar surface area (TPSA) is 79.9 Å². The zero-order valence-electron chi connectivity index (χ0n) is 19.0. The molecular formula is C26H27N3O4. The highest BCUT2D eigenvalue weighted by Crippen LogP contribution is 2.31. The average molecular weight is 446 g/mol. The van der Waals surface area contributed by atoms with Crippen molar-refractivity contribution < 1.29 is 19.1 Å². The van der Waals surface area contributed by atoms with Gasteiger partial charge in [-0.1, -0.05) is 29.8 Å². The van der Waals surface area contributed by atoms with Crippen molar-refractivity contribution >= 4 is 23.3 Å². The fourth-order valence-corrected chi connectivity index (χ4v) is 3.85. The number of anilines is 2. The molecule has 33 heavy (non-hydrogen) atoms. The van der Waals surface area contributed by atoms with Gasteiger partial charge in [0.1, 0.15) is 11.5 Å². The van der Waals surface area contributed by atoms with Gasteiger partial charge in [-0.2, -0.15) is 0 Å². The molecule has 1 heterocycles. The summed E-state index contributed by atoms with van der Waals surface area (Å²) in [6.45, 7) is 2.97. The van der Waals surface area contributed by atoms with Crippen LogP contribution in [0.3, 0.4) is 0 Å². The van der Waals surface area contributed by atoms with Crippen molar-refractivity contribution in [2.45, 2.75) is 19.9 Å². The molecule has 1 aliphatic rings. The van der Waals surface area contributed by atoms with Crippen LogP contribution in [0, 0.1) is 6.92 Å². The van der Waals surface area contributed by atoms with E-state index in [1.165, 1.54) is 7.11 Å².